The van der Waals surface area contributed by atoms with Crippen molar-refractivity contribution >= 4 is 38.9 Å². The molecule has 1 rings (SSSR count). The van der Waals surface area contributed by atoms with Crippen molar-refractivity contribution in [3.8, 4) is 0 Å². The molecule has 0 aliphatic heterocycles. The second kappa shape index (κ2) is 6.74. The van der Waals surface area contributed by atoms with E-state index in [0.717, 1.165) is 0 Å². The van der Waals surface area contributed by atoms with Gasteiger partial charge in [0.15, 0.2) is 0 Å². The quantitative estimate of drug-likeness (QED) is 0.672. The summed E-state index contributed by atoms with van der Waals surface area (Å²) >= 11 is 11.6. The van der Waals surface area contributed by atoms with Crippen LogP contribution < -0.4 is 10.5 Å². The van der Waals surface area contributed by atoms with E-state index in [0.29, 0.717) is 0 Å². The molecule has 0 aliphatic carbocycles. The van der Waals surface area contributed by atoms with Crippen molar-refractivity contribution in [2.24, 2.45) is 0 Å². The summed E-state index contributed by atoms with van der Waals surface area (Å²) in [5.74, 6) is 0. The molecule has 0 bridgehead atoms. The molecule has 0 fully saturated rings. The molecule has 108 valence electrons. The van der Waals surface area contributed by atoms with E-state index >= 15 is 0 Å². The van der Waals surface area contributed by atoms with Crippen LogP contribution >= 0.6 is 23.2 Å². The normalized spacial score (nSPS) is 13.5. The Morgan fingerprint density at radius 1 is 1.42 bits per heavy atom. The second-order valence-corrected chi connectivity index (χ2v) is 6.29. The van der Waals surface area contributed by atoms with Gasteiger partial charge in [-0.05, 0) is 12.1 Å². The third-order valence-corrected chi connectivity index (χ3v) is 4.50. The van der Waals surface area contributed by atoms with Crippen molar-refractivity contribution in [1.29, 1.82) is 0 Å². The van der Waals surface area contributed by atoms with Gasteiger partial charge in [0, 0.05) is 19.3 Å². The molecule has 0 spiro atoms. The number of nitrogens with two attached hydrogens (primary N) is 1. The molecular weight excluding hydrogens is 315 g/mol. The van der Waals surface area contributed by atoms with Gasteiger partial charge in [0.25, 0.3) is 0 Å². The van der Waals surface area contributed by atoms with Crippen LogP contribution in [0.25, 0.3) is 0 Å². The minimum atomic E-state index is -3.94. The zero-order valence-corrected chi connectivity index (χ0v) is 12.4. The summed E-state index contributed by atoms with van der Waals surface area (Å²) in [5, 5.41) is 9.24. The number of aliphatic hydroxyl groups is 1. The van der Waals surface area contributed by atoms with E-state index in [2.05, 4.69) is 9.46 Å². The van der Waals surface area contributed by atoms with E-state index in [1.54, 1.807) is 0 Å². The van der Waals surface area contributed by atoms with Crippen molar-refractivity contribution in [3.05, 3.63) is 22.2 Å². The highest BCUT2D eigenvalue weighted by Crippen LogP contribution is 2.31. The minimum Gasteiger partial charge on any atom is -0.399 e. The van der Waals surface area contributed by atoms with Crippen molar-refractivity contribution < 1.29 is 18.3 Å². The number of sulfonamides is 1. The third kappa shape index (κ3) is 4.48. The Bertz CT molecular complexity index is 527. The second-order valence-electron chi connectivity index (χ2n) is 3.77. The first-order chi connectivity index (χ1) is 8.77. The van der Waals surface area contributed by atoms with Gasteiger partial charge in [0.05, 0.1) is 22.8 Å². The van der Waals surface area contributed by atoms with Gasteiger partial charge < -0.3 is 15.6 Å². The van der Waals surface area contributed by atoms with E-state index in [1.165, 1.54) is 19.2 Å². The third-order valence-electron chi connectivity index (χ3n) is 2.16. The fourth-order valence-corrected chi connectivity index (χ4v) is 3.67. The van der Waals surface area contributed by atoms with Crippen LogP contribution in [0, 0.1) is 0 Å². The number of anilines is 1. The number of rotatable bonds is 6. The molecule has 6 nitrogen and oxygen atoms in total. The van der Waals surface area contributed by atoms with Gasteiger partial charge in [-0.15, -0.1) is 0 Å². The highest BCUT2D eigenvalue weighted by molar-refractivity contribution is 7.89. The maximum Gasteiger partial charge on any atom is 0.243 e. The average molecular weight is 329 g/mol. The van der Waals surface area contributed by atoms with Crippen LogP contribution in [-0.4, -0.2) is 39.9 Å². The highest BCUT2D eigenvalue weighted by atomic mass is 35.5. The van der Waals surface area contributed by atoms with Crippen LogP contribution in [0.2, 0.25) is 10.0 Å². The topological polar surface area (TPSA) is 102 Å². The van der Waals surface area contributed by atoms with Gasteiger partial charge in [0.1, 0.15) is 4.90 Å². The molecule has 4 N–H and O–H groups in total. The van der Waals surface area contributed by atoms with Gasteiger partial charge >= 0.3 is 0 Å². The fourth-order valence-electron chi connectivity index (χ4n) is 1.37. The molecule has 0 amide bonds. The standard InChI is InChI=1S/C10H14Cl2N2O4S/c1-18-5-7(15)4-14-19(16,17)10-8(11)2-6(13)3-9(10)12/h2-3,7,14-15H,4-5,13H2,1H3. The van der Waals surface area contributed by atoms with Crippen LogP contribution in [0.15, 0.2) is 17.0 Å². The summed E-state index contributed by atoms with van der Waals surface area (Å²) in [6.45, 7) is -0.209. The van der Waals surface area contributed by atoms with Gasteiger partial charge in [-0.3, -0.25) is 0 Å². The van der Waals surface area contributed by atoms with Gasteiger partial charge in [0.2, 0.25) is 10.0 Å². The number of benzene rings is 1. The number of methoxy groups -OCH3 is 1. The number of nitrogens with one attached hydrogen (secondary N) is 1. The number of halogens is 2. The van der Waals surface area contributed by atoms with Gasteiger partial charge in [-0.1, -0.05) is 23.2 Å². The molecule has 1 unspecified atom stereocenters. The minimum absolute atomic E-state index is 0.00568. The Hall–Kier alpha value is -0.570. The molecule has 0 heterocycles. The molecule has 1 atom stereocenters. The fraction of sp³-hybridized carbons (Fsp3) is 0.400. The summed E-state index contributed by atoms with van der Waals surface area (Å²) < 4.78 is 30.9. The van der Waals surface area contributed by atoms with E-state index in [-0.39, 0.29) is 33.8 Å². The molecule has 0 aliphatic rings. The lowest BCUT2D eigenvalue weighted by molar-refractivity contribution is 0.0679. The Labute approximate surface area is 121 Å². The first kappa shape index (κ1) is 16.5. The van der Waals surface area contributed by atoms with Crippen molar-refractivity contribution in [3.63, 3.8) is 0 Å². The lowest BCUT2D eigenvalue weighted by atomic mass is 10.3. The molecule has 9 heteroatoms. The molecular formula is C10H14Cl2N2O4S. The van der Waals surface area contributed by atoms with Gasteiger partial charge in [-0.2, -0.15) is 0 Å². The Morgan fingerprint density at radius 2 is 1.95 bits per heavy atom. The smallest absolute Gasteiger partial charge is 0.243 e. The van der Waals surface area contributed by atoms with Crippen LogP contribution in [0.3, 0.4) is 0 Å². The zero-order chi connectivity index (χ0) is 14.6. The molecule has 1 aromatic rings. The van der Waals surface area contributed by atoms with Crippen molar-refractivity contribution in [1.82, 2.24) is 4.72 Å². The van der Waals surface area contributed by atoms with E-state index in [9.17, 15) is 13.5 Å². The van der Waals surface area contributed by atoms with E-state index in [4.69, 9.17) is 28.9 Å². The van der Waals surface area contributed by atoms with Crippen molar-refractivity contribution in [2.45, 2.75) is 11.0 Å². The summed E-state index contributed by atoms with van der Waals surface area (Å²) in [6.07, 6.45) is -0.967. The molecule has 0 saturated carbocycles. The number of hydrogen-bond donors (Lipinski definition) is 3. The predicted molar refractivity (Wildman–Crippen MR) is 73.9 cm³/mol. The van der Waals surface area contributed by atoms with Crippen LogP contribution in [0.1, 0.15) is 0 Å². The number of nitrogen functional groups attached to an aromatic ring is 1. The summed E-state index contributed by atoms with van der Waals surface area (Å²) in [6, 6.07) is 2.57. The Kier molecular flexibility index (Phi) is 5.84. The molecule has 19 heavy (non-hydrogen) atoms. The van der Waals surface area contributed by atoms with Gasteiger partial charge in [-0.25, -0.2) is 13.1 Å². The number of aliphatic hydroxyl groups excluding tert-OH is 1. The molecule has 0 radical (unpaired) electrons. The molecule has 0 aromatic heterocycles. The Balaban J connectivity index is 2.95. The lowest BCUT2D eigenvalue weighted by Gasteiger charge is -2.13. The highest BCUT2D eigenvalue weighted by Gasteiger charge is 2.23. The first-order valence-corrected chi connectivity index (χ1v) is 7.43. The predicted octanol–water partition coefficient (Wildman–Crippen LogP) is 0.861. The van der Waals surface area contributed by atoms with Crippen LogP contribution in [-0.2, 0) is 14.8 Å². The van der Waals surface area contributed by atoms with Crippen LogP contribution in [0.5, 0.6) is 0 Å². The number of hydrogen-bond acceptors (Lipinski definition) is 5. The van der Waals surface area contributed by atoms with E-state index < -0.39 is 16.1 Å². The molecule has 0 saturated heterocycles. The zero-order valence-electron chi connectivity index (χ0n) is 10.1. The number of ether oxygens (including phenoxy) is 1. The van der Waals surface area contributed by atoms with E-state index in [1.807, 2.05) is 0 Å². The molecule has 1 aromatic carbocycles. The SMILES string of the molecule is COCC(O)CNS(=O)(=O)c1c(Cl)cc(N)cc1Cl. The Morgan fingerprint density at radius 3 is 2.42 bits per heavy atom. The maximum absolute atomic E-state index is 12.0. The summed E-state index contributed by atoms with van der Waals surface area (Å²) in [7, 11) is -2.54. The summed E-state index contributed by atoms with van der Waals surface area (Å²) in [4.78, 5) is -0.269. The lowest BCUT2D eigenvalue weighted by Crippen LogP contribution is -2.34. The monoisotopic (exact) mass is 328 g/mol. The first-order valence-electron chi connectivity index (χ1n) is 5.19. The maximum atomic E-state index is 12.0. The average Bonchev–Trinajstić information content (AvgIpc) is 2.25. The summed E-state index contributed by atoms with van der Waals surface area (Å²) in [5.41, 5.74) is 5.75. The van der Waals surface area contributed by atoms with Crippen LogP contribution in [0.4, 0.5) is 5.69 Å². The largest absolute Gasteiger partial charge is 0.399 e. The van der Waals surface area contributed by atoms with Crippen molar-refractivity contribution in [2.75, 3.05) is 26.0 Å².